The molecule has 3 heteroatoms. The standard InChI is InChI=1S/C18H19N3/c1-2-16(13-7-4-3-5-8-13)21-17-11-12-20-18-14(17)9-6-10-15(18)19/h3-12,16H,2,19H2,1H3,(H,20,21). The predicted octanol–water partition coefficient (Wildman–Crippen LogP) is 4.38. The normalized spacial score (nSPS) is 12.2. The van der Waals surface area contributed by atoms with E-state index in [9.17, 15) is 0 Å². The highest BCUT2D eigenvalue weighted by Gasteiger charge is 2.11. The molecule has 0 aliphatic carbocycles. The maximum Gasteiger partial charge on any atom is 0.0951 e. The fourth-order valence-corrected chi connectivity index (χ4v) is 2.62. The summed E-state index contributed by atoms with van der Waals surface area (Å²) in [5.74, 6) is 0. The van der Waals surface area contributed by atoms with Crippen LogP contribution in [0.5, 0.6) is 0 Å². The van der Waals surface area contributed by atoms with Gasteiger partial charge in [-0.15, -0.1) is 0 Å². The SMILES string of the molecule is CCC(Nc1ccnc2c(N)cccc12)c1ccccc1. The van der Waals surface area contributed by atoms with Gasteiger partial charge < -0.3 is 11.1 Å². The molecule has 3 aromatic rings. The van der Waals surface area contributed by atoms with Crippen molar-refractivity contribution in [3.8, 4) is 0 Å². The van der Waals surface area contributed by atoms with Gasteiger partial charge in [0.15, 0.2) is 0 Å². The number of nitrogens with zero attached hydrogens (tertiary/aromatic N) is 1. The van der Waals surface area contributed by atoms with Crippen LogP contribution in [0.15, 0.2) is 60.8 Å². The molecule has 3 N–H and O–H groups in total. The van der Waals surface area contributed by atoms with Gasteiger partial charge in [0.2, 0.25) is 0 Å². The quantitative estimate of drug-likeness (QED) is 0.696. The molecule has 1 unspecified atom stereocenters. The number of nitrogen functional groups attached to an aromatic ring is 1. The van der Waals surface area contributed by atoms with Crippen molar-refractivity contribution >= 4 is 22.3 Å². The number of aromatic nitrogens is 1. The third kappa shape index (κ3) is 2.68. The van der Waals surface area contributed by atoms with Gasteiger partial charge in [-0.1, -0.05) is 49.4 Å². The van der Waals surface area contributed by atoms with E-state index in [1.807, 2.05) is 24.3 Å². The van der Waals surface area contributed by atoms with Crippen molar-refractivity contribution < 1.29 is 0 Å². The monoisotopic (exact) mass is 277 g/mol. The summed E-state index contributed by atoms with van der Waals surface area (Å²) in [6, 6.07) is 18.7. The Balaban J connectivity index is 1.99. The van der Waals surface area contributed by atoms with Crippen LogP contribution >= 0.6 is 0 Å². The van der Waals surface area contributed by atoms with Crippen molar-refractivity contribution in [2.45, 2.75) is 19.4 Å². The molecule has 0 aliphatic heterocycles. The van der Waals surface area contributed by atoms with E-state index in [2.05, 4.69) is 47.6 Å². The zero-order valence-electron chi connectivity index (χ0n) is 12.1. The molecule has 21 heavy (non-hydrogen) atoms. The van der Waals surface area contributed by atoms with Crippen molar-refractivity contribution in [1.82, 2.24) is 4.98 Å². The predicted molar refractivity (Wildman–Crippen MR) is 89.3 cm³/mol. The molecule has 0 radical (unpaired) electrons. The summed E-state index contributed by atoms with van der Waals surface area (Å²) in [4.78, 5) is 4.38. The fourth-order valence-electron chi connectivity index (χ4n) is 2.62. The van der Waals surface area contributed by atoms with E-state index in [0.717, 1.165) is 23.0 Å². The number of pyridine rings is 1. The number of nitrogens with one attached hydrogen (secondary N) is 1. The third-order valence-corrected chi connectivity index (χ3v) is 3.74. The molecular weight excluding hydrogens is 258 g/mol. The Morgan fingerprint density at radius 2 is 1.86 bits per heavy atom. The topological polar surface area (TPSA) is 50.9 Å². The van der Waals surface area contributed by atoms with Gasteiger partial charge in [-0.25, -0.2) is 0 Å². The summed E-state index contributed by atoms with van der Waals surface area (Å²) >= 11 is 0. The van der Waals surface area contributed by atoms with Gasteiger partial charge in [-0.3, -0.25) is 4.98 Å². The van der Waals surface area contributed by atoms with E-state index in [1.165, 1.54) is 5.56 Å². The van der Waals surface area contributed by atoms with E-state index >= 15 is 0 Å². The van der Waals surface area contributed by atoms with Crippen LogP contribution in [-0.2, 0) is 0 Å². The second kappa shape index (κ2) is 5.83. The first-order valence-electron chi connectivity index (χ1n) is 7.24. The molecule has 1 aromatic heterocycles. The number of rotatable bonds is 4. The van der Waals surface area contributed by atoms with Gasteiger partial charge in [-0.05, 0) is 24.1 Å². The number of nitrogens with two attached hydrogens (primary N) is 1. The molecule has 0 spiro atoms. The summed E-state index contributed by atoms with van der Waals surface area (Å²) in [6.45, 7) is 2.18. The Morgan fingerprint density at radius 1 is 1.05 bits per heavy atom. The summed E-state index contributed by atoms with van der Waals surface area (Å²) in [5.41, 5.74) is 9.93. The number of benzene rings is 2. The molecule has 1 heterocycles. The third-order valence-electron chi connectivity index (χ3n) is 3.74. The van der Waals surface area contributed by atoms with Crippen LogP contribution in [0.25, 0.3) is 10.9 Å². The summed E-state index contributed by atoms with van der Waals surface area (Å²) in [5, 5.41) is 4.68. The molecule has 3 nitrogen and oxygen atoms in total. The number of para-hydroxylation sites is 1. The molecule has 2 aromatic carbocycles. The lowest BCUT2D eigenvalue weighted by molar-refractivity contribution is 0.750. The number of anilines is 2. The Kier molecular flexibility index (Phi) is 3.73. The highest BCUT2D eigenvalue weighted by Crippen LogP contribution is 2.29. The maximum atomic E-state index is 6.01. The van der Waals surface area contributed by atoms with Crippen molar-refractivity contribution in [2.24, 2.45) is 0 Å². The molecular formula is C18H19N3. The minimum absolute atomic E-state index is 0.276. The van der Waals surface area contributed by atoms with Gasteiger partial charge >= 0.3 is 0 Å². The van der Waals surface area contributed by atoms with Crippen LogP contribution in [0.1, 0.15) is 24.9 Å². The summed E-state index contributed by atoms with van der Waals surface area (Å²) in [7, 11) is 0. The second-order valence-electron chi connectivity index (χ2n) is 5.12. The van der Waals surface area contributed by atoms with E-state index in [4.69, 9.17) is 5.73 Å². The van der Waals surface area contributed by atoms with E-state index in [1.54, 1.807) is 6.20 Å². The van der Waals surface area contributed by atoms with E-state index in [-0.39, 0.29) is 6.04 Å². The van der Waals surface area contributed by atoms with Crippen molar-refractivity contribution in [1.29, 1.82) is 0 Å². The van der Waals surface area contributed by atoms with Crippen LogP contribution in [0, 0.1) is 0 Å². The van der Waals surface area contributed by atoms with E-state index < -0.39 is 0 Å². The van der Waals surface area contributed by atoms with Crippen LogP contribution in [-0.4, -0.2) is 4.98 Å². The Hall–Kier alpha value is -2.55. The first-order valence-corrected chi connectivity index (χ1v) is 7.24. The molecule has 0 aliphatic rings. The molecule has 0 bridgehead atoms. The molecule has 0 fully saturated rings. The minimum Gasteiger partial charge on any atom is -0.397 e. The van der Waals surface area contributed by atoms with E-state index in [0.29, 0.717) is 5.69 Å². The van der Waals surface area contributed by atoms with Crippen LogP contribution in [0.4, 0.5) is 11.4 Å². The maximum absolute atomic E-state index is 6.01. The first kappa shape index (κ1) is 13.4. The zero-order valence-corrected chi connectivity index (χ0v) is 12.1. The van der Waals surface area contributed by atoms with Crippen LogP contribution in [0.3, 0.4) is 0 Å². The number of fused-ring (bicyclic) bond motifs is 1. The van der Waals surface area contributed by atoms with Crippen molar-refractivity contribution in [3.05, 3.63) is 66.4 Å². The van der Waals surface area contributed by atoms with Gasteiger partial charge in [0, 0.05) is 17.3 Å². The highest BCUT2D eigenvalue weighted by atomic mass is 14.9. The highest BCUT2D eigenvalue weighted by molar-refractivity contribution is 5.97. The lowest BCUT2D eigenvalue weighted by Crippen LogP contribution is -2.10. The average molecular weight is 277 g/mol. The fraction of sp³-hybridized carbons (Fsp3) is 0.167. The van der Waals surface area contributed by atoms with Gasteiger partial charge in [0.1, 0.15) is 0 Å². The first-order chi connectivity index (χ1) is 10.3. The molecule has 0 amide bonds. The molecule has 0 saturated carbocycles. The number of hydrogen-bond acceptors (Lipinski definition) is 3. The molecule has 0 saturated heterocycles. The minimum atomic E-state index is 0.276. The number of hydrogen-bond donors (Lipinski definition) is 2. The molecule has 1 atom stereocenters. The zero-order chi connectivity index (χ0) is 14.7. The second-order valence-corrected chi connectivity index (χ2v) is 5.12. The van der Waals surface area contributed by atoms with Gasteiger partial charge in [0.05, 0.1) is 17.2 Å². The summed E-state index contributed by atoms with van der Waals surface area (Å²) in [6.07, 6.45) is 2.81. The van der Waals surface area contributed by atoms with Gasteiger partial charge in [-0.2, -0.15) is 0 Å². The average Bonchev–Trinajstić information content (AvgIpc) is 2.54. The smallest absolute Gasteiger partial charge is 0.0951 e. The Morgan fingerprint density at radius 3 is 2.62 bits per heavy atom. The lowest BCUT2D eigenvalue weighted by Gasteiger charge is -2.20. The van der Waals surface area contributed by atoms with Crippen LogP contribution < -0.4 is 11.1 Å². The largest absolute Gasteiger partial charge is 0.397 e. The Labute approximate surface area is 124 Å². The van der Waals surface area contributed by atoms with Crippen molar-refractivity contribution in [2.75, 3.05) is 11.1 Å². The molecule has 3 rings (SSSR count). The molecule has 106 valence electrons. The van der Waals surface area contributed by atoms with Gasteiger partial charge in [0.25, 0.3) is 0 Å². The summed E-state index contributed by atoms with van der Waals surface area (Å²) < 4.78 is 0. The lowest BCUT2D eigenvalue weighted by atomic mass is 10.0. The Bertz CT molecular complexity index is 738. The van der Waals surface area contributed by atoms with Crippen molar-refractivity contribution in [3.63, 3.8) is 0 Å². The van der Waals surface area contributed by atoms with Crippen LogP contribution in [0.2, 0.25) is 0 Å².